The van der Waals surface area contributed by atoms with Crippen LogP contribution in [0.5, 0.6) is 5.75 Å². The third-order valence-electron chi connectivity index (χ3n) is 4.11. The largest absolute Gasteiger partial charge is 0.486 e. The fourth-order valence-electron chi connectivity index (χ4n) is 2.62. The molecule has 0 aromatic heterocycles. The number of rotatable bonds is 5. The van der Waals surface area contributed by atoms with Crippen molar-refractivity contribution < 1.29 is 4.74 Å². The summed E-state index contributed by atoms with van der Waals surface area (Å²) in [6.45, 7) is 2.38. The van der Waals surface area contributed by atoms with Crippen LogP contribution in [-0.2, 0) is 6.61 Å². The van der Waals surface area contributed by atoms with Crippen molar-refractivity contribution in [3.8, 4) is 11.8 Å². The minimum atomic E-state index is 0.373. The lowest BCUT2D eigenvalue weighted by atomic mass is 10.0. The molecule has 0 aliphatic carbocycles. The molecular formula is C23H16Cl2INO. The van der Waals surface area contributed by atoms with Crippen LogP contribution in [-0.4, -0.2) is 0 Å². The van der Waals surface area contributed by atoms with Crippen molar-refractivity contribution in [1.29, 1.82) is 5.26 Å². The Labute approximate surface area is 188 Å². The van der Waals surface area contributed by atoms with Crippen molar-refractivity contribution >= 4 is 57.4 Å². The van der Waals surface area contributed by atoms with Gasteiger partial charge in [-0.25, -0.2) is 0 Å². The predicted molar refractivity (Wildman–Crippen MR) is 125 cm³/mol. The molecule has 3 rings (SSSR count). The zero-order valence-electron chi connectivity index (χ0n) is 15.0. The maximum absolute atomic E-state index is 9.52. The van der Waals surface area contributed by atoms with E-state index in [0.717, 1.165) is 25.8 Å². The molecular weight excluding hydrogens is 504 g/mol. The molecule has 3 aromatic rings. The third kappa shape index (κ3) is 5.29. The Balaban J connectivity index is 1.83. The van der Waals surface area contributed by atoms with Gasteiger partial charge in [0.1, 0.15) is 6.61 Å². The van der Waals surface area contributed by atoms with Crippen LogP contribution in [0.4, 0.5) is 0 Å². The molecule has 0 saturated heterocycles. The van der Waals surface area contributed by atoms with Crippen molar-refractivity contribution in [3.05, 3.63) is 96.5 Å². The maximum Gasteiger partial charge on any atom is 0.157 e. The molecule has 2 nitrogen and oxygen atoms in total. The van der Waals surface area contributed by atoms with E-state index in [-0.39, 0.29) is 0 Å². The number of nitrogens with zero attached hydrogens (tertiary/aromatic N) is 1. The van der Waals surface area contributed by atoms with Gasteiger partial charge in [0.25, 0.3) is 0 Å². The molecule has 0 atom stereocenters. The van der Waals surface area contributed by atoms with E-state index in [0.29, 0.717) is 28.0 Å². The fraction of sp³-hybridized carbons (Fsp3) is 0.0870. The zero-order chi connectivity index (χ0) is 20.1. The minimum Gasteiger partial charge on any atom is -0.486 e. The number of benzene rings is 3. The molecule has 0 amide bonds. The van der Waals surface area contributed by atoms with Gasteiger partial charge in [0.05, 0.1) is 21.7 Å². The van der Waals surface area contributed by atoms with E-state index in [1.54, 1.807) is 18.2 Å². The second kappa shape index (κ2) is 9.47. The summed E-state index contributed by atoms with van der Waals surface area (Å²) in [6, 6.07) is 21.6. The predicted octanol–water partition coefficient (Wildman–Crippen LogP) is 7.55. The van der Waals surface area contributed by atoms with Gasteiger partial charge in [-0.15, -0.1) is 0 Å². The van der Waals surface area contributed by atoms with Gasteiger partial charge >= 0.3 is 0 Å². The lowest BCUT2D eigenvalue weighted by Crippen LogP contribution is -1.97. The first-order chi connectivity index (χ1) is 13.5. The van der Waals surface area contributed by atoms with E-state index >= 15 is 0 Å². The van der Waals surface area contributed by atoms with Crippen LogP contribution in [0.1, 0.15) is 22.3 Å². The molecule has 0 N–H and O–H groups in total. The number of nitriles is 1. The van der Waals surface area contributed by atoms with Crippen LogP contribution in [0.2, 0.25) is 10.0 Å². The fourth-order valence-corrected chi connectivity index (χ4v) is 3.59. The first-order valence-corrected chi connectivity index (χ1v) is 10.3. The average molecular weight is 520 g/mol. The zero-order valence-corrected chi connectivity index (χ0v) is 18.7. The van der Waals surface area contributed by atoms with Crippen LogP contribution in [0.3, 0.4) is 0 Å². The van der Waals surface area contributed by atoms with Gasteiger partial charge in [-0.1, -0.05) is 65.2 Å². The molecule has 0 saturated carbocycles. The van der Waals surface area contributed by atoms with Gasteiger partial charge in [-0.3, -0.25) is 0 Å². The Bertz CT molecular complexity index is 1030. The number of halogens is 3. The molecule has 5 heteroatoms. The summed E-state index contributed by atoms with van der Waals surface area (Å²) < 4.78 is 6.99. The van der Waals surface area contributed by atoms with E-state index in [4.69, 9.17) is 27.9 Å². The summed E-state index contributed by atoms with van der Waals surface area (Å²) in [7, 11) is 0. The Morgan fingerprint density at radius 2 is 1.64 bits per heavy atom. The summed E-state index contributed by atoms with van der Waals surface area (Å²) in [5.41, 5.74) is 4.30. The first kappa shape index (κ1) is 20.7. The highest BCUT2D eigenvalue weighted by Gasteiger charge is 2.11. The highest BCUT2D eigenvalue weighted by molar-refractivity contribution is 14.1. The van der Waals surface area contributed by atoms with E-state index < -0.39 is 0 Å². The number of allylic oxidation sites excluding steroid dienone is 1. The monoisotopic (exact) mass is 519 g/mol. The van der Waals surface area contributed by atoms with Crippen molar-refractivity contribution in [2.24, 2.45) is 0 Å². The van der Waals surface area contributed by atoms with Gasteiger partial charge in [0.2, 0.25) is 0 Å². The molecule has 0 spiro atoms. The maximum atomic E-state index is 9.52. The molecule has 0 aliphatic heterocycles. The van der Waals surface area contributed by atoms with Gasteiger partial charge in [-0.05, 0) is 76.5 Å². The minimum absolute atomic E-state index is 0.373. The summed E-state index contributed by atoms with van der Waals surface area (Å²) in [4.78, 5) is 0. The van der Waals surface area contributed by atoms with Crippen LogP contribution >= 0.6 is 45.8 Å². The molecule has 28 heavy (non-hydrogen) atoms. The SMILES string of the molecule is Cc1ccc(/C(C#N)=C\c2cc(Cl)c(OCc3ccc(I)cc3)c(Cl)c2)cc1. The average Bonchev–Trinajstić information content (AvgIpc) is 2.67. The van der Waals surface area contributed by atoms with E-state index in [2.05, 4.69) is 28.7 Å². The smallest absolute Gasteiger partial charge is 0.157 e. The van der Waals surface area contributed by atoms with Gasteiger partial charge in [-0.2, -0.15) is 5.26 Å². The number of ether oxygens (including phenoxy) is 1. The molecule has 0 bridgehead atoms. The third-order valence-corrected chi connectivity index (χ3v) is 5.39. The van der Waals surface area contributed by atoms with E-state index in [1.165, 1.54) is 0 Å². The summed E-state index contributed by atoms with van der Waals surface area (Å²) in [6.07, 6.45) is 1.77. The quantitative estimate of drug-likeness (QED) is 0.198. The molecule has 0 heterocycles. The lowest BCUT2D eigenvalue weighted by Gasteiger charge is -2.11. The van der Waals surface area contributed by atoms with E-state index in [9.17, 15) is 5.26 Å². The molecule has 0 radical (unpaired) electrons. The van der Waals surface area contributed by atoms with Crippen molar-refractivity contribution in [1.82, 2.24) is 0 Å². The first-order valence-electron chi connectivity index (χ1n) is 8.51. The number of hydrogen-bond acceptors (Lipinski definition) is 2. The van der Waals surface area contributed by atoms with Crippen LogP contribution in [0.15, 0.2) is 60.7 Å². The Kier molecular flexibility index (Phi) is 7.01. The molecule has 140 valence electrons. The van der Waals surface area contributed by atoms with Crippen molar-refractivity contribution in [2.45, 2.75) is 13.5 Å². The second-order valence-corrected chi connectivity index (χ2v) is 8.32. The van der Waals surface area contributed by atoms with Crippen LogP contribution in [0, 0.1) is 21.8 Å². The summed E-state index contributed by atoms with van der Waals surface area (Å²) >= 11 is 15.1. The molecule has 3 aromatic carbocycles. The Hall–Kier alpha value is -2.00. The van der Waals surface area contributed by atoms with Gasteiger partial charge in [0, 0.05) is 3.57 Å². The number of hydrogen-bond donors (Lipinski definition) is 0. The summed E-state index contributed by atoms with van der Waals surface area (Å²) in [5.74, 6) is 0.438. The Morgan fingerprint density at radius 3 is 2.21 bits per heavy atom. The van der Waals surface area contributed by atoms with Crippen molar-refractivity contribution in [2.75, 3.05) is 0 Å². The summed E-state index contributed by atoms with van der Waals surface area (Å²) in [5, 5.41) is 10.3. The van der Waals surface area contributed by atoms with Crippen LogP contribution < -0.4 is 4.74 Å². The lowest BCUT2D eigenvalue weighted by molar-refractivity contribution is 0.306. The Morgan fingerprint density at radius 1 is 1.04 bits per heavy atom. The second-order valence-electron chi connectivity index (χ2n) is 6.26. The van der Waals surface area contributed by atoms with E-state index in [1.807, 2.05) is 55.5 Å². The number of aryl methyl sites for hydroxylation is 1. The highest BCUT2D eigenvalue weighted by atomic mass is 127. The van der Waals surface area contributed by atoms with Gasteiger partial charge < -0.3 is 4.74 Å². The highest BCUT2D eigenvalue weighted by Crippen LogP contribution is 2.36. The standard InChI is InChI=1S/C23H16Cl2INO/c1-15-2-6-18(7-3-15)19(13-27)10-17-11-21(24)23(22(25)12-17)28-14-16-4-8-20(26)9-5-16/h2-12H,14H2,1H3/b19-10-. The van der Waals surface area contributed by atoms with Crippen LogP contribution in [0.25, 0.3) is 11.6 Å². The normalized spacial score (nSPS) is 11.2. The molecule has 0 fully saturated rings. The molecule has 0 unspecified atom stereocenters. The topological polar surface area (TPSA) is 33.0 Å². The van der Waals surface area contributed by atoms with Crippen molar-refractivity contribution in [3.63, 3.8) is 0 Å². The van der Waals surface area contributed by atoms with Gasteiger partial charge in [0.15, 0.2) is 5.75 Å². The molecule has 0 aliphatic rings.